The highest BCUT2D eigenvalue weighted by Gasteiger charge is 2.69. The third kappa shape index (κ3) is 5.70. The number of hydrogen-bond acceptors (Lipinski definition) is 6. The van der Waals surface area contributed by atoms with E-state index >= 15 is 0 Å². The maximum absolute atomic E-state index is 13.7. The molecule has 2 rings (SSSR count). The number of ketones is 1. The summed E-state index contributed by atoms with van der Waals surface area (Å²) in [5.41, 5.74) is 4.37. The number of nitrogens with two attached hydrogens (primary N) is 1. The number of ether oxygens (including phenoxy) is 1. The first-order valence-electron chi connectivity index (χ1n) is 12.0. The first-order valence-corrected chi connectivity index (χ1v) is 12.0. The van der Waals surface area contributed by atoms with Crippen LogP contribution in [0.25, 0.3) is 0 Å². The van der Waals surface area contributed by atoms with Gasteiger partial charge < -0.3 is 26.0 Å². The Hall–Kier alpha value is -2.65. The van der Waals surface area contributed by atoms with E-state index < -0.39 is 47.2 Å². The number of piperidine rings is 1. The van der Waals surface area contributed by atoms with Gasteiger partial charge in [-0.05, 0) is 42.9 Å². The van der Waals surface area contributed by atoms with Crippen LogP contribution in [0.3, 0.4) is 0 Å². The van der Waals surface area contributed by atoms with Crippen LogP contribution in [-0.4, -0.2) is 65.3 Å². The van der Waals surface area contributed by atoms with E-state index in [1.807, 2.05) is 41.5 Å². The fourth-order valence-electron chi connectivity index (χ4n) is 4.98. The van der Waals surface area contributed by atoms with Crippen molar-refractivity contribution in [3.05, 3.63) is 0 Å². The Morgan fingerprint density at radius 1 is 1.12 bits per heavy atom. The van der Waals surface area contributed by atoms with Gasteiger partial charge in [-0.1, -0.05) is 48.0 Å². The summed E-state index contributed by atoms with van der Waals surface area (Å²) >= 11 is 0. The Morgan fingerprint density at radius 3 is 2.18 bits per heavy atom. The van der Waals surface area contributed by atoms with Gasteiger partial charge >= 0.3 is 6.09 Å². The molecule has 10 heteroatoms. The number of primary amides is 1. The van der Waals surface area contributed by atoms with Crippen LogP contribution in [0.5, 0.6) is 0 Å². The number of carbonyl (C=O) groups excluding carboxylic acids is 5. The quantitative estimate of drug-likeness (QED) is 0.424. The lowest BCUT2D eigenvalue weighted by molar-refractivity contribution is -0.145. The third-order valence-electron chi connectivity index (χ3n) is 6.93. The monoisotopic (exact) mass is 480 g/mol. The second-order valence-corrected chi connectivity index (χ2v) is 11.4. The molecule has 34 heavy (non-hydrogen) atoms. The normalized spacial score (nSPS) is 24.6. The van der Waals surface area contributed by atoms with Gasteiger partial charge in [0.05, 0.1) is 12.1 Å². The molecular formula is C24H40N4O6. The molecule has 1 aliphatic heterocycles. The second-order valence-electron chi connectivity index (χ2n) is 11.4. The zero-order valence-electron chi connectivity index (χ0n) is 21.6. The SMILES string of the molecule is CCCC(NC(=O)[C@@H]1[C@H]2[C@@H](CN1C(=O)C(NC(=O)OC(C)C)C(C)(C)C)C2(C)C)C(=O)C(N)=O. The molecule has 0 aromatic heterocycles. The molecule has 10 nitrogen and oxygen atoms in total. The summed E-state index contributed by atoms with van der Waals surface area (Å²) in [4.78, 5) is 64.6. The minimum atomic E-state index is -1.11. The van der Waals surface area contributed by atoms with Crippen molar-refractivity contribution in [1.29, 1.82) is 0 Å². The van der Waals surface area contributed by atoms with Crippen LogP contribution in [0.2, 0.25) is 0 Å². The first kappa shape index (κ1) is 27.6. The van der Waals surface area contributed by atoms with E-state index in [0.29, 0.717) is 13.0 Å². The zero-order chi connectivity index (χ0) is 26.2. The van der Waals surface area contributed by atoms with E-state index in [2.05, 4.69) is 10.6 Å². The second kappa shape index (κ2) is 9.92. The van der Waals surface area contributed by atoms with Crippen LogP contribution in [0, 0.1) is 22.7 Å². The average molecular weight is 481 g/mol. The van der Waals surface area contributed by atoms with Gasteiger partial charge in [0.25, 0.3) is 5.91 Å². The van der Waals surface area contributed by atoms with Crippen molar-refractivity contribution in [3.63, 3.8) is 0 Å². The van der Waals surface area contributed by atoms with Crippen molar-refractivity contribution in [2.24, 2.45) is 28.4 Å². The highest BCUT2D eigenvalue weighted by molar-refractivity contribution is 6.37. The number of hydrogen-bond donors (Lipinski definition) is 3. The molecule has 1 saturated heterocycles. The van der Waals surface area contributed by atoms with Gasteiger partial charge in [-0.3, -0.25) is 19.2 Å². The van der Waals surface area contributed by atoms with Crippen LogP contribution >= 0.6 is 0 Å². The number of nitrogens with one attached hydrogen (secondary N) is 2. The summed E-state index contributed by atoms with van der Waals surface area (Å²) in [6.07, 6.45) is -0.237. The fraction of sp³-hybridized carbons (Fsp3) is 0.792. The number of Topliss-reactive ketones (excluding diaryl/α,β-unsaturated/α-hetero) is 1. The summed E-state index contributed by atoms with van der Waals surface area (Å²) < 4.78 is 5.17. The molecule has 1 aliphatic carbocycles. The Labute approximate surface area is 201 Å². The van der Waals surface area contributed by atoms with Gasteiger partial charge in [-0.15, -0.1) is 0 Å². The molecule has 2 fully saturated rings. The summed E-state index contributed by atoms with van der Waals surface area (Å²) in [6, 6.07) is -2.78. The number of alkyl carbamates (subject to hydrolysis) is 1. The zero-order valence-corrected chi connectivity index (χ0v) is 21.6. The molecule has 1 saturated carbocycles. The van der Waals surface area contributed by atoms with Gasteiger partial charge in [-0.25, -0.2) is 4.79 Å². The number of nitrogens with zero attached hydrogens (tertiary/aromatic N) is 1. The lowest BCUT2D eigenvalue weighted by atomic mass is 9.85. The topological polar surface area (TPSA) is 148 Å². The van der Waals surface area contributed by atoms with Crippen molar-refractivity contribution in [3.8, 4) is 0 Å². The average Bonchev–Trinajstić information content (AvgIpc) is 3.04. The Kier molecular flexibility index (Phi) is 8.05. The molecular weight excluding hydrogens is 440 g/mol. The number of amides is 4. The van der Waals surface area contributed by atoms with Gasteiger partial charge in [-0.2, -0.15) is 0 Å². The van der Waals surface area contributed by atoms with E-state index in [0.717, 1.165) is 0 Å². The van der Waals surface area contributed by atoms with Gasteiger partial charge in [0.1, 0.15) is 12.1 Å². The molecule has 5 atom stereocenters. The largest absolute Gasteiger partial charge is 0.447 e. The summed E-state index contributed by atoms with van der Waals surface area (Å²) in [6.45, 7) is 15.2. The minimum absolute atomic E-state index is 0.0920. The van der Waals surface area contributed by atoms with Crippen molar-refractivity contribution < 1.29 is 28.7 Å². The van der Waals surface area contributed by atoms with Crippen LogP contribution in [0.4, 0.5) is 4.79 Å². The molecule has 0 spiro atoms. The highest BCUT2D eigenvalue weighted by atomic mass is 16.6. The van der Waals surface area contributed by atoms with Gasteiger partial charge in [0, 0.05) is 6.54 Å². The molecule has 4 amide bonds. The Balaban J connectivity index is 2.31. The van der Waals surface area contributed by atoms with Crippen LogP contribution < -0.4 is 16.4 Å². The van der Waals surface area contributed by atoms with E-state index in [1.165, 1.54) is 4.90 Å². The summed E-state index contributed by atoms with van der Waals surface area (Å²) in [5, 5.41) is 5.34. The lowest BCUT2D eigenvalue weighted by Crippen LogP contribution is -2.60. The number of carbonyl (C=O) groups is 5. The lowest BCUT2D eigenvalue weighted by Gasteiger charge is -2.37. The van der Waals surface area contributed by atoms with E-state index in [4.69, 9.17) is 10.5 Å². The number of likely N-dealkylation sites (tertiary alicyclic amines) is 1. The van der Waals surface area contributed by atoms with Crippen LogP contribution in [-0.2, 0) is 23.9 Å². The maximum atomic E-state index is 13.7. The Bertz CT molecular complexity index is 847. The standard InChI is InChI=1S/C24H40N4O6/c1-9-10-14(17(29)19(25)30)26-20(31)16-15-13(24(15,7)8)11-28(16)21(32)18(23(4,5)6)27-22(33)34-12(2)3/h12-16,18H,9-11H2,1-8H3,(H2,25,30)(H,26,31)(H,27,33)/t13-,14?,15-,16+,18?/m1/s1. The van der Waals surface area contributed by atoms with Crippen LogP contribution in [0.15, 0.2) is 0 Å². The molecule has 1 heterocycles. The van der Waals surface area contributed by atoms with Gasteiger partial charge in [0.15, 0.2) is 0 Å². The first-order chi connectivity index (χ1) is 15.5. The predicted molar refractivity (Wildman–Crippen MR) is 125 cm³/mol. The summed E-state index contributed by atoms with van der Waals surface area (Å²) in [7, 11) is 0. The van der Waals surface area contributed by atoms with E-state index in [9.17, 15) is 24.0 Å². The fourth-order valence-corrected chi connectivity index (χ4v) is 4.98. The van der Waals surface area contributed by atoms with E-state index in [1.54, 1.807) is 13.8 Å². The molecule has 0 aromatic carbocycles. The molecule has 192 valence electrons. The molecule has 0 bridgehead atoms. The van der Waals surface area contributed by atoms with Crippen molar-refractivity contribution in [1.82, 2.24) is 15.5 Å². The summed E-state index contributed by atoms with van der Waals surface area (Å²) in [5.74, 6) is -2.81. The van der Waals surface area contributed by atoms with E-state index in [-0.39, 0.29) is 35.7 Å². The van der Waals surface area contributed by atoms with Crippen molar-refractivity contribution in [2.45, 2.75) is 92.5 Å². The van der Waals surface area contributed by atoms with Crippen LogP contribution in [0.1, 0.15) is 68.2 Å². The molecule has 4 N–H and O–H groups in total. The number of rotatable bonds is 9. The smallest absolute Gasteiger partial charge is 0.408 e. The van der Waals surface area contributed by atoms with Crippen molar-refractivity contribution in [2.75, 3.05) is 6.54 Å². The predicted octanol–water partition coefficient (Wildman–Crippen LogP) is 1.36. The highest BCUT2D eigenvalue weighted by Crippen LogP contribution is 2.65. The minimum Gasteiger partial charge on any atom is -0.447 e. The van der Waals surface area contributed by atoms with Gasteiger partial charge in [0.2, 0.25) is 17.6 Å². The third-order valence-corrected chi connectivity index (χ3v) is 6.93. The Morgan fingerprint density at radius 2 is 1.71 bits per heavy atom. The van der Waals surface area contributed by atoms with Crippen molar-refractivity contribution >= 4 is 29.6 Å². The molecule has 2 unspecified atom stereocenters. The molecule has 0 radical (unpaired) electrons. The molecule has 0 aromatic rings. The molecule has 2 aliphatic rings. The number of fused-ring (bicyclic) bond motifs is 1. The maximum Gasteiger partial charge on any atom is 0.408 e.